The van der Waals surface area contributed by atoms with Gasteiger partial charge in [-0.25, -0.2) is 4.79 Å². The molecule has 1 aliphatic heterocycles. The van der Waals surface area contributed by atoms with E-state index in [0.717, 1.165) is 5.56 Å². The Labute approximate surface area is 98.8 Å². The molecule has 1 heterocycles. The molecule has 1 aliphatic rings. The van der Waals surface area contributed by atoms with Crippen LogP contribution in [0.1, 0.15) is 29.3 Å². The van der Waals surface area contributed by atoms with Crippen molar-refractivity contribution in [3.8, 4) is 0 Å². The second-order valence-corrected chi connectivity index (χ2v) is 3.51. The lowest BCUT2D eigenvalue weighted by Gasteiger charge is -1.99. The van der Waals surface area contributed by atoms with Gasteiger partial charge in [-0.2, -0.15) is 0 Å². The van der Waals surface area contributed by atoms with Crippen LogP contribution < -0.4 is 0 Å². The Kier molecular flexibility index (Phi) is 3.23. The van der Waals surface area contributed by atoms with Crippen LogP contribution in [-0.2, 0) is 14.3 Å². The van der Waals surface area contributed by atoms with Crippen LogP contribution in [0.4, 0.5) is 0 Å². The Balaban J connectivity index is 2.17. The fraction of sp³-hybridized carbons (Fsp3) is 0.231. The molecule has 0 saturated carbocycles. The van der Waals surface area contributed by atoms with Gasteiger partial charge in [-0.1, -0.05) is 18.2 Å². The SMILES string of the molecule is CCOC(=O)CC=C1OC(=O)c2ccccc21. The average molecular weight is 232 g/mol. The lowest BCUT2D eigenvalue weighted by molar-refractivity contribution is -0.142. The summed E-state index contributed by atoms with van der Waals surface area (Å²) in [6, 6.07) is 7.08. The zero-order valence-corrected chi connectivity index (χ0v) is 9.43. The number of fused-ring (bicyclic) bond motifs is 1. The van der Waals surface area contributed by atoms with Crippen LogP contribution >= 0.6 is 0 Å². The molecule has 0 N–H and O–H groups in total. The summed E-state index contributed by atoms with van der Waals surface area (Å²) in [5.41, 5.74) is 1.25. The molecule has 0 amide bonds. The van der Waals surface area contributed by atoms with Crippen LogP contribution in [0.25, 0.3) is 5.76 Å². The molecule has 0 spiro atoms. The molecule has 0 unspecified atom stereocenters. The third-order valence-corrected chi connectivity index (χ3v) is 2.37. The molecule has 2 rings (SSSR count). The highest BCUT2D eigenvalue weighted by Crippen LogP contribution is 2.29. The minimum atomic E-state index is -0.379. The van der Waals surface area contributed by atoms with Gasteiger partial charge in [-0.3, -0.25) is 4.79 Å². The van der Waals surface area contributed by atoms with Gasteiger partial charge in [-0.15, -0.1) is 0 Å². The second kappa shape index (κ2) is 4.82. The fourth-order valence-electron chi connectivity index (χ4n) is 1.63. The van der Waals surface area contributed by atoms with Crippen molar-refractivity contribution in [3.05, 3.63) is 41.5 Å². The van der Waals surface area contributed by atoms with E-state index in [1.165, 1.54) is 0 Å². The Bertz CT molecular complexity index is 488. The maximum Gasteiger partial charge on any atom is 0.344 e. The molecule has 1 aromatic carbocycles. The summed E-state index contributed by atoms with van der Waals surface area (Å²) in [5.74, 6) is -0.283. The quantitative estimate of drug-likeness (QED) is 0.749. The summed E-state index contributed by atoms with van der Waals surface area (Å²) in [4.78, 5) is 22.7. The Hall–Kier alpha value is -2.10. The molecule has 4 nitrogen and oxygen atoms in total. The number of carbonyl (C=O) groups is 2. The molecule has 4 heteroatoms. The Morgan fingerprint density at radius 3 is 2.76 bits per heavy atom. The van der Waals surface area contributed by atoms with E-state index in [1.54, 1.807) is 31.2 Å². The van der Waals surface area contributed by atoms with E-state index < -0.39 is 0 Å². The summed E-state index contributed by atoms with van der Waals surface area (Å²) in [7, 11) is 0. The summed E-state index contributed by atoms with van der Waals surface area (Å²) in [6.45, 7) is 2.09. The first-order valence-corrected chi connectivity index (χ1v) is 5.39. The van der Waals surface area contributed by atoms with Gasteiger partial charge in [0.25, 0.3) is 0 Å². The zero-order valence-electron chi connectivity index (χ0n) is 9.43. The summed E-state index contributed by atoms with van der Waals surface area (Å²) in [6.07, 6.45) is 1.67. The number of esters is 2. The maximum atomic E-state index is 11.5. The van der Waals surface area contributed by atoms with Gasteiger partial charge in [0.2, 0.25) is 0 Å². The van der Waals surface area contributed by atoms with Crippen LogP contribution in [0.3, 0.4) is 0 Å². The van der Waals surface area contributed by atoms with Crippen LogP contribution in [0, 0.1) is 0 Å². The number of cyclic esters (lactones) is 1. The second-order valence-electron chi connectivity index (χ2n) is 3.51. The Morgan fingerprint density at radius 1 is 1.35 bits per heavy atom. The standard InChI is InChI=1S/C13H12O4/c1-2-16-12(14)8-7-11-9-5-3-4-6-10(9)13(15)17-11/h3-7H,2,8H2,1H3. The molecule has 88 valence electrons. The maximum absolute atomic E-state index is 11.5. The molecule has 0 aromatic heterocycles. The third kappa shape index (κ3) is 2.36. The first-order chi connectivity index (χ1) is 8.22. The van der Waals surface area contributed by atoms with Gasteiger partial charge < -0.3 is 9.47 Å². The van der Waals surface area contributed by atoms with Crippen LogP contribution in [-0.4, -0.2) is 18.5 Å². The summed E-state index contributed by atoms with van der Waals surface area (Å²) in [5, 5.41) is 0. The molecule has 0 aliphatic carbocycles. The zero-order chi connectivity index (χ0) is 12.3. The van der Waals surface area contributed by atoms with Gasteiger partial charge in [-0.05, 0) is 19.1 Å². The van der Waals surface area contributed by atoms with Crippen LogP contribution in [0.2, 0.25) is 0 Å². The third-order valence-electron chi connectivity index (χ3n) is 2.37. The first kappa shape index (κ1) is 11.4. The largest absolute Gasteiger partial charge is 0.466 e. The first-order valence-electron chi connectivity index (χ1n) is 5.39. The van der Waals surface area contributed by atoms with Gasteiger partial charge in [0.05, 0.1) is 18.6 Å². The van der Waals surface area contributed by atoms with Crippen molar-refractivity contribution < 1.29 is 19.1 Å². The average Bonchev–Trinajstić information content (AvgIpc) is 2.65. The van der Waals surface area contributed by atoms with E-state index in [2.05, 4.69) is 0 Å². The van der Waals surface area contributed by atoms with E-state index in [9.17, 15) is 9.59 Å². The van der Waals surface area contributed by atoms with Crippen LogP contribution in [0.5, 0.6) is 0 Å². The van der Waals surface area contributed by atoms with Crippen molar-refractivity contribution >= 4 is 17.7 Å². The van der Waals surface area contributed by atoms with E-state index in [-0.39, 0.29) is 18.4 Å². The molecular formula is C13H12O4. The number of carbonyl (C=O) groups excluding carboxylic acids is 2. The van der Waals surface area contributed by atoms with Gasteiger partial charge >= 0.3 is 11.9 Å². The molecule has 1 aromatic rings. The molecule has 0 radical (unpaired) electrons. The number of hydrogen-bond acceptors (Lipinski definition) is 4. The van der Waals surface area contributed by atoms with E-state index >= 15 is 0 Å². The van der Waals surface area contributed by atoms with E-state index in [0.29, 0.717) is 17.9 Å². The fourth-order valence-corrected chi connectivity index (χ4v) is 1.63. The molecule has 0 fully saturated rings. The number of ether oxygens (including phenoxy) is 2. The minimum absolute atomic E-state index is 0.102. The lowest BCUT2D eigenvalue weighted by atomic mass is 10.1. The monoisotopic (exact) mass is 232 g/mol. The summed E-state index contributed by atoms with van der Waals surface area (Å²) < 4.78 is 9.87. The Morgan fingerprint density at radius 2 is 2.06 bits per heavy atom. The van der Waals surface area contributed by atoms with Crippen molar-refractivity contribution in [3.63, 3.8) is 0 Å². The topological polar surface area (TPSA) is 52.6 Å². The van der Waals surface area contributed by atoms with Gasteiger partial charge in [0.1, 0.15) is 5.76 Å². The van der Waals surface area contributed by atoms with Crippen molar-refractivity contribution in [2.75, 3.05) is 6.61 Å². The molecule has 17 heavy (non-hydrogen) atoms. The van der Waals surface area contributed by atoms with E-state index in [1.807, 2.05) is 6.07 Å². The highest BCUT2D eigenvalue weighted by atomic mass is 16.5. The van der Waals surface area contributed by atoms with Crippen molar-refractivity contribution in [1.82, 2.24) is 0 Å². The highest BCUT2D eigenvalue weighted by molar-refractivity contribution is 6.03. The molecule has 0 atom stereocenters. The van der Waals surface area contributed by atoms with Crippen LogP contribution in [0.15, 0.2) is 30.3 Å². The minimum Gasteiger partial charge on any atom is -0.466 e. The normalized spacial score (nSPS) is 15.6. The number of rotatable bonds is 3. The number of hydrogen-bond donors (Lipinski definition) is 0. The van der Waals surface area contributed by atoms with Gasteiger partial charge in [0, 0.05) is 5.56 Å². The van der Waals surface area contributed by atoms with Crippen molar-refractivity contribution in [2.45, 2.75) is 13.3 Å². The predicted octanol–water partition coefficient (Wildman–Crippen LogP) is 2.15. The molecular weight excluding hydrogens is 220 g/mol. The summed E-state index contributed by atoms with van der Waals surface area (Å²) >= 11 is 0. The van der Waals surface area contributed by atoms with E-state index in [4.69, 9.17) is 9.47 Å². The van der Waals surface area contributed by atoms with Crippen molar-refractivity contribution in [1.29, 1.82) is 0 Å². The highest BCUT2D eigenvalue weighted by Gasteiger charge is 2.25. The molecule has 0 saturated heterocycles. The van der Waals surface area contributed by atoms with Crippen molar-refractivity contribution in [2.24, 2.45) is 0 Å². The number of benzene rings is 1. The predicted molar refractivity (Wildman–Crippen MR) is 61.1 cm³/mol. The smallest absolute Gasteiger partial charge is 0.344 e. The van der Waals surface area contributed by atoms with Gasteiger partial charge in [0.15, 0.2) is 0 Å². The lowest BCUT2D eigenvalue weighted by Crippen LogP contribution is -2.02. The molecule has 0 bridgehead atoms.